The summed E-state index contributed by atoms with van der Waals surface area (Å²) < 4.78 is 22.6. The Labute approximate surface area is 206 Å². The molecular formula is C25H32N4O3S2. The van der Waals surface area contributed by atoms with Crippen molar-refractivity contribution in [2.75, 3.05) is 12.3 Å². The lowest BCUT2D eigenvalue weighted by atomic mass is 9.69. The summed E-state index contributed by atoms with van der Waals surface area (Å²) in [5, 5.41) is 18.2. The minimum Gasteiger partial charge on any atom is -0.355 e. The van der Waals surface area contributed by atoms with Gasteiger partial charge in [0.15, 0.2) is 0 Å². The van der Waals surface area contributed by atoms with Crippen LogP contribution in [0.15, 0.2) is 40.3 Å². The summed E-state index contributed by atoms with van der Waals surface area (Å²) in [5.41, 5.74) is 3.90. The summed E-state index contributed by atoms with van der Waals surface area (Å²) in [6.45, 7) is 7.27. The molecule has 0 aliphatic heterocycles. The largest absolute Gasteiger partial charge is 0.355 e. The zero-order valence-corrected chi connectivity index (χ0v) is 21.6. The van der Waals surface area contributed by atoms with E-state index in [-0.39, 0.29) is 22.0 Å². The Bertz CT molecular complexity index is 1190. The summed E-state index contributed by atoms with van der Waals surface area (Å²) in [4.78, 5) is 17.1. The number of sulfonamides is 1. The highest BCUT2D eigenvalue weighted by atomic mass is 32.2. The lowest BCUT2D eigenvalue weighted by Gasteiger charge is -2.37. The third kappa shape index (κ3) is 6.59. The first kappa shape index (κ1) is 26.2. The molecule has 182 valence electrons. The van der Waals surface area contributed by atoms with Crippen LogP contribution in [0.3, 0.4) is 0 Å². The number of aromatic nitrogens is 1. The van der Waals surface area contributed by atoms with E-state index in [1.807, 2.05) is 6.07 Å². The fraction of sp³-hybridized carbons (Fsp3) is 0.480. The number of hydrogen-bond donors (Lipinski definition) is 2. The minimum atomic E-state index is -3.71. The van der Waals surface area contributed by atoms with E-state index in [4.69, 9.17) is 10.1 Å². The van der Waals surface area contributed by atoms with Gasteiger partial charge < -0.3 is 5.32 Å². The Balaban J connectivity index is 1.54. The van der Waals surface area contributed by atoms with E-state index >= 15 is 0 Å². The standard InChI is InChI=1S/C25H32N4O3S2/c1-4-25(2,3)20-7-10-22-18(14-20)13-19(15-26)24(29-22)33-16-23(30)28-12-11-17-5-8-21(9-6-17)34(27,31)32/h5-6,8-9,13,20H,4,7,10-12,14,16H2,1-3H3,(H,28,30)(H2,27,31,32). The average Bonchev–Trinajstić information content (AvgIpc) is 2.81. The maximum absolute atomic E-state index is 12.3. The number of hydrogen-bond acceptors (Lipinski definition) is 6. The Hall–Kier alpha value is -2.41. The van der Waals surface area contributed by atoms with Gasteiger partial charge in [-0.2, -0.15) is 5.26 Å². The molecule has 2 aromatic rings. The van der Waals surface area contributed by atoms with Gasteiger partial charge in [0.05, 0.1) is 16.2 Å². The van der Waals surface area contributed by atoms with Crippen LogP contribution in [-0.4, -0.2) is 31.6 Å². The van der Waals surface area contributed by atoms with Crippen LogP contribution in [0.1, 0.15) is 56.0 Å². The van der Waals surface area contributed by atoms with Gasteiger partial charge >= 0.3 is 0 Å². The summed E-state index contributed by atoms with van der Waals surface area (Å²) in [6, 6.07) is 10.5. The molecule has 0 spiro atoms. The first-order valence-corrected chi connectivity index (χ1v) is 14.0. The molecule has 1 amide bonds. The van der Waals surface area contributed by atoms with Crippen LogP contribution in [-0.2, 0) is 34.1 Å². The molecule has 1 aromatic carbocycles. The molecule has 3 rings (SSSR count). The van der Waals surface area contributed by atoms with Gasteiger partial charge in [-0.1, -0.05) is 51.1 Å². The highest BCUT2D eigenvalue weighted by Gasteiger charge is 2.32. The topological polar surface area (TPSA) is 126 Å². The van der Waals surface area contributed by atoms with Crippen molar-refractivity contribution in [2.24, 2.45) is 16.5 Å². The number of nitrogens with one attached hydrogen (secondary N) is 1. The second kappa shape index (κ2) is 10.9. The number of primary sulfonamides is 1. The summed E-state index contributed by atoms with van der Waals surface area (Å²) >= 11 is 1.29. The first-order valence-electron chi connectivity index (χ1n) is 11.5. The molecular weight excluding hydrogens is 468 g/mol. The Kier molecular flexibility index (Phi) is 8.39. The van der Waals surface area contributed by atoms with Gasteiger partial charge in [-0.05, 0) is 66.3 Å². The van der Waals surface area contributed by atoms with Gasteiger partial charge in [0, 0.05) is 12.2 Å². The Morgan fingerprint density at radius 1 is 1.32 bits per heavy atom. The fourth-order valence-corrected chi connectivity index (χ4v) is 5.49. The third-order valence-electron chi connectivity index (χ3n) is 6.82. The average molecular weight is 501 g/mol. The van der Waals surface area contributed by atoms with Crippen LogP contribution < -0.4 is 10.5 Å². The van der Waals surface area contributed by atoms with Crippen LogP contribution in [0.25, 0.3) is 0 Å². The number of nitrogens with two attached hydrogens (primary N) is 1. The minimum absolute atomic E-state index is 0.0622. The summed E-state index contributed by atoms with van der Waals surface area (Å²) in [7, 11) is -3.71. The number of thioether (sulfide) groups is 1. The molecule has 7 nitrogen and oxygen atoms in total. The van der Waals surface area contributed by atoms with Crippen molar-refractivity contribution in [3.05, 3.63) is 52.7 Å². The maximum Gasteiger partial charge on any atom is 0.238 e. The molecule has 9 heteroatoms. The van der Waals surface area contributed by atoms with Gasteiger partial charge in [0.25, 0.3) is 0 Å². The van der Waals surface area contributed by atoms with Crippen molar-refractivity contribution >= 4 is 27.7 Å². The molecule has 1 aliphatic carbocycles. The number of amides is 1. The molecule has 0 radical (unpaired) electrons. The number of benzene rings is 1. The second-order valence-corrected chi connectivity index (χ2v) is 11.9. The number of carbonyl (C=O) groups is 1. The Morgan fingerprint density at radius 2 is 2.03 bits per heavy atom. The van der Waals surface area contributed by atoms with E-state index in [0.29, 0.717) is 29.5 Å². The number of pyridine rings is 1. The number of aryl methyl sites for hydroxylation is 1. The third-order valence-corrected chi connectivity index (χ3v) is 8.74. The Morgan fingerprint density at radius 3 is 2.65 bits per heavy atom. The fourth-order valence-electron chi connectivity index (χ4n) is 4.17. The molecule has 34 heavy (non-hydrogen) atoms. The number of nitriles is 1. The number of fused-ring (bicyclic) bond motifs is 1. The quantitative estimate of drug-likeness (QED) is 0.507. The molecule has 0 saturated carbocycles. The first-order chi connectivity index (χ1) is 16.0. The highest BCUT2D eigenvalue weighted by Crippen LogP contribution is 2.40. The molecule has 1 aromatic heterocycles. The molecule has 0 fully saturated rings. The van der Waals surface area contributed by atoms with Crippen LogP contribution in [0.4, 0.5) is 0 Å². The molecule has 1 atom stereocenters. The van der Waals surface area contributed by atoms with E-state index in [9.17, 15) is 18.5 Å². The zero-order valence-electron chi connectivity index (χ0n) is 19.9. The van der Waals surface area contributed by atoms with E-state index in [0.717, 1.165) is 42.5 Å². The molecule has 1 heterocycles. The zero-order chi connectivity index (χ0) is 24.9. The molecule has 0 bridgehead atoms. The van der Waals surface area contributed by atoms with Gasteiger partial charge in [-0.3, -0.25) is 4.79 Å². The monoisotopic (exact) mass is 500 g/mol. The van der Waals surface area contributed by atoms with E-state index in [1.165, 1.54) is 23.9 Å². The van der Waals surface area contributed by atoms with E-state index in [1.54, 1.807) is 12.1 Å². The summed E-state index contributed by atoms with van der Waals surface area (Å²) in [6.07, 6.45) is 4.63. The number of carbonyl (C=O) groups excluding carboxylic acids is 1. The van der Waals surface area contributed by atoms with Crippen LogP contribution in [0, 0.1) is 22.7 Å². The smallest absolute Gasteiger partial charge is 0.238 e. The lowest BCUT2D eigenvalue weighted by molar-refractivity contribution is -0.118. The van der Waals surface area contributed by atoms with Crippen molar-refractivity contribution in [3.8, 4) is 6.07 Å². The predicted molar refractivity (Wildman–Crippen MR) is 134 cm³/mol. The molecule has 3 N–H and O–H groups in total. The van der Waals surface area contributed by atoms with E-state index < -0.39 is 10.0 Å². The summed E-state index contributed by atoms with van der Waals surface area (Å²) in [5.74, 6) is 0.619. The van der Waals surface area contributed by atoms with Crippen molar-refractivity contribution in [3.63, 3.8) is 0 Å². The maximum atomic E-state index is 12.3. The molecule has 0 saturated heterocycles. The van der Waals surface area contributed by atoms with Crippen LogP contribution in [0.2, 0.25) is 0 Å². The van der Waals surface area contributed by atoms with Crippen molar-refractivity contribution in [1.82, 2.24) is 10.3 Å². The van der Waals surface area contributed by atoms with Crippen molar-refractivity contribution in [2.45, 2.75) is 62.8 Å². The highest BCUT2D eigenvalue weighted by molar-refractivity contribution is 8.00. The van der Waals surface area contributed by atoms with Gasteiger partial charge in [-0.25, -0.2) is 18.5 Å². The normalized spacial score (nSPS) is 15.9. The van der Waals surface area contributed by atoms with Gasteiger partial charge in [0.2, 0.25) is 15.9 Å². The van der Waals surface area contributed by atoms with Gasteiger partial charge in [-0.15, -0.1) is 0 Å². The van der Waals surface area contributed by atoms with Gasteiger partial charge in [0.1, 0.15) is 11.1 Å². The van der Waals surface area contributed by atoms with Crippen molar-refractivity contribution < 1.29 is 13.2 Å². The van der Waals surface area contributed by atoms with E-state index in [2.05, 4.69) is 32.2 Å². The second-order valence-electron chi connectivity index (χ2n) is 9.42. The molecule has 1 unspecified atom stereocenters. The SMILES string of the molecule is CCC(C)(C)C1CCc2nc(SCC(=O)NCCc3ccc(S(N)(=O)=O)cc3)c(C#N)cc2C1. The number of nitrogens with zero attached hydrogens (tertiary/aromatic N) is 2. The predicted octanol–water partition coefficient (Wildman–Crippen LogP) is 3.59. The van der Waals surface area contributed by atoms with Crippen LogP contribution in [0.5, 0.6) is 0 Å². The molecule has 1 aliphatic rings. The van der Waals surface area contributed by atoms with Crippen LogP contribution >= 0.6 is 11.8 Å². The lowest BCUT2D eigenvalue weighted by Crippen LogP contribution is -2.29. The number of rotatable bonds is 9. The van der Waals surface area contributed by atoms with Crippen molar-refractivity contribution in [1.29, 1.82) is 5.26 Å².